The maximum absolute atomic E-state index is 12.4. The number of hydrogen-bond donors (Lipinski definition) is 2. The Kier molecular flexibility index (Phi) is 5.15. The molecule has 1 amide bonds. The van der Waals surface area contributed by atoms with Gasteiger partial charge in [-0.15, -0.1) is 6.58 Å². The molecule has 0 saturated carbocycles. The average Bonchev–Trinajstić information content (AvgIpc) is 3.01. The lowest BCUT2D eigenvalue weighted by atomic mass is 10.1. The molecule has 1 aliphatic rings. The van der Waals surface area contributed by atoms with E-state index in [9.17, 15) is 4.79 Å². The zero-order valence-corrected chi connectivity index (χ0v) is 11.8. The summed E-state index contributed by atoms with van der Waals surface area (Å²) >= 11 is 0. The molecule has 0 aliphatic carbocycles. The molecule has 1 fully saturated rings. The number of nitrogens with zero attached hydrogens (tertiary/aromatic N) is 1. The van der Waals surface area contributed by atoms with Crippen molar-refractivity contribution in [2.45, 2.75) is 19.0 Å². The number of amides is 1. The predicted molar refractivity (Wildman–Crippen MR) is 78.2 cm³/mol. The van der Waals surface area contributed by atoms with Gasteiger partial charge in [-0.3, -0.25) is 10.2 Å². The summed E-state index contributed by atoms with van der Waals surface area (Å²) in [6.45, 7) is 5.67. The van der Waals surface area contributed by atoms with Crippen molar-refractivity contribution in [1.82, 2.24) is 15.8 Å². The molecule has 0 aromatic heterocycles. The molecule has 1 aromatic carbocycles. The van der Waals surface area contributed by atoms with Crippen molar-refractivity contribution in [1.29, 1.82) is 0 Å². The molecule has 2 rings (SSSR count). The van der Waals surface area contributed by atoms with Crippen LogP contribution in [0.1, 0.15) is 12.0 Å². The number of benzene rings is 1. The lowest BCUT2D eigenvalue weighted by Gasteiger charge is -2.24. The molecule has 0 bridgehead atoms. The molecule has 1 saturated heterocycles. The first-order valence-electron chi connectivity index (χ1n) is 6.75. The fraction of sp³-hybridized carbons (Fsp3) is 0.400. The summed E-state index contributed by atoms with van der Waals surface area (Å²) in [5.41, 5.74) is 7.07. The van der Waals surface area contributed by atoms with Crippen LogP contribution in [0.25, 0.3) is 0 Å². The minimum absolute atomic E-state index is 0.103. The summed E-state index contributed by atoms with van der Waals surface area (Å²) in [6.07, 6.45) is 2.57. The third-order valence-corrected chi connectivity index (χ3v) is 3.33. The number of hydrazine groups is 1. The number of carbonyl (C=O) groups excluding carboxylic acids is 1. The summed E-state index contributed by atoms with van der Waals surface area (Å²) in [5.74, 6) is 0.919. The van der Waals surface area contributed by atoms with Crippen LogP contribution in [0.2, 0.25) is 0 Å². The van der Waals surface area contributed by atoms with E-state index in [1.54, 1.807) is 18.1 Å². The van der Waals surface area contributed by atoms with Gasteiger partial charge in [-0.1, -0.05) is 18.2 Å². The fourth-order valence-corrected chi connectivity index (χ4v) is 2.23. The quantitative estimate of drug-likeness (QED) is 0.763. The highest BCUT2D eigenvalue weighted by Gasteiger charge is 2.26. The standard InChI is InChI=1S/C15H21N3O2/c1-3-10-18(15(19)14-8-9-16-17-14)11-12-4-6-13(20-2)7-5-12/h3-7,14,16-17H,1,8-11H2,2H3. The van der Waals surface area contributed by atoms with Crippen molar-refractivity contribution in [3.63, 3.8) is 0 Å². The molecular weight excluding hydrogens is 254 g/mol. The molecule has 0 spiro atoms. The van der Waals surface area contributed by atoms with E-state index in [0.29, 0.717) is 13.1 Å². The SMILES string of the molecule is C=CCN(Cc1ccc(OC)cc1)C(=O)C1CCNN1. The monoisotopic (exact) mass is 275 g/mol. The Labute approximate surface area is 119 Å². The van der Waals surface area contributed by atoms with Crippen LogP contribution in [-0.2, 0) is 11.3 Å². The number of ether oxygens (including phenoxy) is 1. The lowest BCUT2D eigenvalue weighted by Crippen LogP contribution is -2.45. The van der Waals surface area contributed by atoms with Gasteiger partial charge in [-0.05, 0) is 24.1 Å². The van der Waals surface area contributed by atoms with Gasteiger partial charge >= 0.3 is 0 Å². The molecule has 5 heteroatoms. The second-order valence-electron chi connectivity index (χ2n) is 4.77. The Bertz CT molecular complexity index is 453. The predicted octanol–water partition coefficient (Wildman–Crippen LogP) is 1.08. The van der Waals surface area contributed by atoms with Crippen molar-refractivity contribution < 1.29 is 9.53 Å². The van der Waals surface area contributed by atoms with E-state index in [0.717, 1.165) is 24.3 Å². The normalized spacial score (nSPS) is 17.8. The highest BCUT2D eigenvalue weighted by Crippen LogP contribution is 2.14. The van der Waals surface area contributed by atoms with Crippen LogP contribution in [0.3, 0.4) is 0 Å². The molecule has 1 aliphatic heterocycles. The molecule has 1 heterocycles. The van der Waals surface area contributed by atoms with Crippen molar-refractivity contribution in [2.24, 2.45) is 0 Å². The van der Waals surface area contributed by atoms with Gasteiger partial charge in [-0.2, -0.15) is 0 Å². The van der Waals surface area contributed by atoms with Crippen LogP contribution in [-0.4, -0.2) is 37.0 Å². The Morgan fingerprint density at radius 1 is 1.50 bits per heavy atom. The van der Waals surface area contributed by atoms with Crippen molar-refractivity contribution >= 4 is 5.91 Å². The number of rotatable bonds is 6. The zero-order chi connectivity index (χ0) is 14.4. The smallest absolute Gasteiger partial charge is 0.241 e. The van der Waals surface area contributed by atoms with E-state index < -0.39 is 0 Å². The number of hydrogen-bond acceptors (Lipinski definition) is 4. The third-order valence-electron chi connectivity index (χ3n) is 3.33. The maximum atomic E-state index is 12.4. The molecule has 5 nitrogen and oxygen atoms in total. The van der Waals surface area contributed by atoms with Gasteiger partial charge in [0, 0.05) is 19.6 Å². The number of nitrogens with one attached hydrogen (secondary N) is 2. The van der Waals surface area contributed by atoms with Gasteiger partial charge in [0.1, 0.15) is 11.8 Å². The van der Waals surface area contributed by atoms with E-state index in [4.69, 9.17) is 4.74 Å². The zero-order valence-electron chi connectivity index (χ0n) is 11.8. The van der Waals surface area contributed by atoms with Gasteiger partial charge in [0.2, 0.25) is 5.91 Å². The van der Waals surface area contributed by atoms with Gasteiger partial charge in [0.25, 0.3) is 0 Å². The van der Waals surface area contributed by atoms with Crippen molar-refractivity contribution in [3.05, 3.63) is 42.5 Å². The van der Waals surface area contributed by atoms with Crippen LogP contribution in [0.15, 0.2) is 36.9 Å². The van der Waals surface area contributed by atoms with Crippen LogP contribution in [0.5, 0.6) is 5.75 Å². The van der Waals surface area contributed by atoms with Crippen molar-refractivity contribution in [3.8, 4) is 5.75 Å². The van der Waals surface area contributed by atoms with Crippen LogP contribution >= 0.6 is 0 Å². The maximum Gasteiger partial charge on any atom is 0.241 e. The highest BCUT2D eigenvalue weighted by atomic mass is 16.5. The van der Waals surface area contributed by atoms with Crippen molar-refractivity contribution in [2.75, 3.05) is 20.2 Å². The van der Waals surface area contributed by atoms with Gasteiger partial charge in [0.05, 0.1) is 7.11 Å². The second-order valence-corrected chi connectivity index (χ2v) is 4.77. The lowest BCUT2D eigenvalue weighted by molar-refractivity contribution is -0.133. The Balaban J connectivity index is 2.03. The van der Waals surface area contributed by atoms with Gasteiger partial charge < -0.3 is 9.64 Å². The molecule has 0 radical (unpaired) electrons. The number of carbonyl (C=O) groups is 1. The Morgan fingerprint density at radius 3 is 2.80 bits per heavy atom. The molecule has 1 atom stereocenters. The molecule has 2 N–H and O–H groups in total. The largest absolute Gasteiger partial charge is 0.497 e. The highest BCUT2D eigenvalue weighted by molar-refractivity contribution is 5.82. The van der Waals surface area contributed by atoms with Gasteiger partial charge in [0.15, 0.2) is 0 Å². The summed E-state index contributed by atoms with van der Waals surface area (Å²) in [4.78, 5) is 14.2. The van der Waals surface area contributed by atoms with Gasteiger partial charge in [-0.25, -0.2) is 5.43 Å². The second kappa shape index (κ2) is 7.07. The van der Waals surface area contributed by atoms with E-state index >= 15 is 0 Å². The summed E-state index contributed by atoms with van der Waals surface area (Å²) < 4.78 is 5.14. The van der Waals surface area contributed by atoms with Crippen LogP contribution in [0.4, 0.5) is 0 Å². The topological polar surface area (TPSA) is 53.6 Å². The molecule has 108 valence electrons. The summed E-state index contributed by atoms with van der Waals surface area (Å²) in [7, 11) is 1.64. The first kappa shape index (κ1) is 14.6. The average molecular weight is 275 g/mol. The third kappa shape index (κ3) is 3.59. The van der Waals surface area contributed by atoms with Crippen LogP contribution in [0, 0.1) is 0 Å². The Morgan fingerprint density at radius 2 is 2.25 bits per heavy atom. The number of methoxy groups -OCH3 is 1. The van der Waals surface area contributed by atoms with E-state index in [-0.39, 0.29) is 11.9 Å². The first-order chi connectivity index (χ1) is 9.74. The summed E-state index contributed by atoms with van der Waals surface area (Å²) in [5, 5.41) is 0. The fourth-order valence-electron chi connectivity index (χ4n) is 2.23. The molecule has 1 aromatic rings. The Hall–Kier alpha value is -1.85. The minimum atomic E-state index is -0.145. The molecule has 1 unspecified atom stereocenters. The van der Waals surface area contributed by atoms with Crippen LogP contribution < -0.4 is 15.6 Å². The van der Waals surface area contributed by atoms with E-state index in [2.05, 4.69) is 17.4 Å². The minimum Gasteiger partial charge on any atom is -0.497 e. The summed E-state index contributed by atoms with van der Waals surface area (Å²) in [6, 6.07) is 7.61. The molecule has 20 heavy (non-hydrogen) atoms. The van der Waals surface area contributed by atoms with E-state index in [1.165, 1.54) is 0 Å². The first-order valence-corrected chi connectivity index (χ1v) is 6.75. The molecular formula is C15H21N3O2. The van der Waals surface area contributed by atoms with E-state index in [1.807, 2.05) is 24.3 Å².